The van der Waals surface area contributed by atoms with Crippen molar-refractivity contribution in [3.8, 4) is 11.5 Å². The van der Waals surface area contributed by atoms with Crippen LogP contribution in [-0.4, -0.2) is 40.7 Å². The second-order valence-corrected chi connectivity index (χ2v) is 9.33. The Labute approximate surface area is 201 Å². The minimum absolute atomic E-state index is 0.123. The highest BCUT2D eigenvalue weighted by Crippen LogP contribution is 2.39. The molecule has 0 spiro atoms. The number of aliphatic hydroxyl groups is 2. The number of benzene rings is 2. The average Bonchev–Trinajstić information content (AvgIpc) is 2.70. The Morgan fingerprint density at radius 1 is 1.15 bits per heavy atom. The van der Waals surface area contributed by atoms with Gasteiger partial charge in [-0.1, -0.05) is 36.7 Å². The second kappa shape index (κ2) is 11.3. The van der Waals surface area contributed by atoms with E-state index >= 15 is 0 Å². The van der Waals surface area contributed by atoms with Crippen LogP contribution in [0, 0.1) is 0 Å². The van der Waals surface area contributed by atoms with E-state index in [9.17, 15) is 28.2 Å². The Balaban J connectivity index is 2.09. The van der Waals surface area contributed by atoms with Gasteiger partial charge < -0.3 is 25.0 Å². The standard InChI is InChI=1S/C24H29ClF3NO5/c1-14(11-20(31)19(13-30)29-22(32)34-23(2,3)4)16-10-9-15(12-18(16)25)33-21-8-6-5-7-17(21)24(26,27)28/h5-10,12,14,19-20,30-31H,11,13H2,1-4H3,(H,29,32). The van der Waals surface area contributed by atoms with Crippen molar-refractivity contribution < 1.29 is 37.7 Å². The van der Waals surface area contributed by atoms with E-state index < -0.39 is 42.2 Å². The summed E-state index contributed by atoms with van der Waals surface area (Å²) >= 11 is 6.35. The molecule has 0 aliphatic heterocycles. The molecule has 3 atom stereocenters. The lowest BCUT2D eigenvalue weighted by Gasteiger charge is -2.27. The molecule has 3 unspecified atom stereocenters. The van der Waals surface area contributed by atoms with Gasteiger partial charge in [0.05, 0.1) is 24.3 Å². The minimum atomic E-state index is -4.57. The van der Waals surface area contributed by atoms with Crippen LogP contribution in [0.25, 0.3) is 0 Å². The van der Waals surface area contributed by atoms with Gasteiger partial charge in [0.25, 0.3) is 0 Å². The molecule has 0 saturated heterocycles. The molecule has 0 aromatic heterocycles. The molecular weight excluding hydrogens is 475 g/mol. The third-order valence-corrected chi connectivity index (χ3v) is 5.21. The van der Waals surface area contributed by atoms with Crippen LogP contribution in [0.5, 0.6) is 11.5 Å². The fraction of sp³-hybridized carbons (Fsp3) is 0.458. The first-order chi connectivity index (χ1) is 15.7. The summed E-state index contributed by atoms with van der Waals surface area (Å²) in [6.45, 7) is 6.35. The summed E-state index contributed by atoms with van der Waals surface area (Å²) in [7, 11) is 0. The lowest BCUT2D eigenvalue weighted by molar-refractivity contribution is -0.138. The van der Waals surface area contributed by atoms with E-state index in [1.54, 1.807) is 33.8 Å². The first-order valence-electron chi connectivity index (χ1n) is 10.6. The molecule has 1 amide bonds. The number of alkyl carbamates (subject to hydrolysis) is 1. The molecule has 2 aromatic rings. The number of nitrogens with one attached hydrogen (secondary N) is 1. The second-order valence-electron chi connectivity index (χ2n) is 8.92. The number of rotatable bonds is 8. The fourth-order valence-electron chi connectivity index (χ4n) is 3.26. The molecule has 0 bridgehead atoms. The monoisotopic (exact) mass is 503 g/mol. The van der Waals surface area contributed by atoms with Crippen LogP contribution < -0.4 is 10.1 Å². The zero-order valence-electron chi connectivity index (χ0n) is 19.3. The van der Waals surface area contributed by atoms with E-state index in [4.69, 9.17) is 21.1 Å². The van der Waals surface area contributed by atoms with Gasteiger partial charge in [-0.25, -0.2) is 4.79 Å². The molecule has 0 heterocycles. The number of carbonyl (C=O) groups is 1. The first-order valence-corrected chi connectivity index (χ1v) is 11.0. The van der Waals surface area contributed by atoms with Crippen LogP contribution in [0.4, 0.5) is 18.0 Å². The Morgan fingerprint density at radius 2 is 1.79 bits per heavy atom. The summed E-state index contributed by atoms with van der Waals surface area (Å²) < 4.78 is 50.2. The molecular formula is C24H29ClF3NO5. The van der Waals surface area contributed by atoms with Gasteiger partial charge in [0, 0.05) is 5.02 Å². The molecule has 2 aromatic carbocycles. The third kappa shape index (κ3) is 8.07. The molecule has 0 aliphatic carbocycles. The molecule has 0 saturated carbocycles. The van der Waals surface area contributed by atoms with Crippen LogP contribution in [-0.2, 0) is 10.9 Å². The number of halogens is 4. The van der Waals surface area contributed by atoms with Crippen molar-refractivity contribution in [2.45, 2.75) is 64.0 Å². The zero-order valence-corrected chi connectivity index (χ0v) is 20.1. The molecule has 0 aliphatic rings. The van der Waals surface area contributed by atoms with Crippen LogP contribution in [0.2, 0.25) is 5.02 Å². The third-order valence-electron chi connectivity index (χ3n) is 4.88. The van der Waals surface area contributed by atoms with Crippen molar-refractivity contribution in [1.29, 1.82) is 0 Å². The van der Waals surface area contributed by atoms with E-state index in [1.807, 2.05) is 0 Å². The Bertz CT molecular complexity index is 978. The highest BCUT2D eigenvalue weighted by atomic mass is 35.5. The largest absolute Gasteiger partial charge is 0.457 e. The van der Waals surface area contributed by atoms with E-state index in [0.717, 1.165) is 6.07 Å². The van der Waals surface area contributed by atoms with Crippen molar-refractivity contribution in [3.05, 3.63) is 58.6 Å². The van der Waals surface area contributed by atoms with Gasteiger partial charge in [-0.15, -0.1) is 0 Å². The maximum atomic E-state index is 13.2. The molecule has 6 nitrogen and oxygen atoms in total. The number of alkyl halides is 3. The van der Waals surface area contributed by atoms with Gasteiger partial charge in [0.15, 0.2) is 0 Å². The predicted octanol–water partition coefficient (Wildman–Crippen LogP) is 5.89. The highest BCUT2D eigenvalue weighted by molar-refractivity contribution is 6.31. The van der Waals surface area contributed by atoms with Crippen LogP contribution in [0.1, 0.15) is 51.2 Å². The Kier molecular flexibility index (Phi) is 9.22. The molecule has 0 radical (unpaired) electrons. The molecule has 2 rings (SSSR count). The van der Waals surface area contributed by atoms with Gasteiger partial charge in [-0.2, -0.15) is 13.2 Å². The van der Waals surface area contributed by atoms with Crippen molar-refractivity contribution in [3.63, 3.8) is 0 Å². The van der Waals surface area contributed by atoms with Crippen molar-refractivity contribution in [2.75, 3.05) is 6.61 Å². The van der Waals surface area contributed by atoms with E-state index in [0.29, 0.717) is 5.56 Å². The smallest absolute Gasteiger partial charge is 0.419 e. The predicted molar refractivity (Wildman–Crippen MR) is 122 cm³/mol. The number of amides is 1. The van der Waals surface area contributed by atoms with Gasteiger partial charge in [0.1, 0.15) is 17.1 Å². The molecule has 3 N–H and O–H groups in total. The normalized spacial score (nSPS) is 14.8. The van der Waals surface area contributed by atoms with E-state index in [-0.39, 0.29) is 28.9 Å². The summed E-state index contributed by atoms with van der Waals surface area (Å²) in [5, 5.41) is 22.8. The molecule has 188 valence electrons. The minimum Gasteiger partial charge on any atom is -0.457 e. The van der Waals surface area contributed by atoms with Crippen molar-refractivity contribution >= 4 is 17.7 Å². The number of aliphatic hydroxyl groups excluding tert-OH is 2. The quantitative estimate of drug-likeness (QED) is 0.418. The van der Waals surface area contributed by atoms with Gasteiger partial charge in [0.2, 0.25) is 0 Å². The van der Waals surface area contributed by atoms with Gasteiger partial charge in [-0.3, -0.25) is 0 Å². The van der Waals surface area contributed by atoms with Crippen molar-refractivity contribution in [1.82, 2.24) is 5.32 Å². The van der Waals surface area contributed by atoms with Crippen LogP contribution in [0.15, 0.2) is 42.5 Å². The van der Waals surface area contributed by atoms with E-state index in [2.05, 4.69) is 5.32 Å². The molecule has 0 fully saturated rings. The average molecular weight is 504 g/mol. The summed E-state index contributed by atoms with van der Waals surface area (Å²) in [5.41, 5.74) is -1.02. The van der Waals surface area contributed by atoms with E-state index in [1.165, 1.54) is 30.3 Å². The number of carbonyl (C=O) groups excluding carboxylic acids is 1. The zero-order chi connectivity index (χ0) is 25.7. The SMILES string of the molecule is CC(CC(O)C(CO)NC(=O)OC(C)(C)C)c1ccc(Oc2ccccc2C(F)(F)F)cc1Cl. The summed E-state index contributed by atoms with van der Waals surface area (Å²) in [6.07, 6.45) is -6.31. The van der Waals surface area contributed by atoms with Gasteiger partial charge >= 0.3 is 12.3 Å². The Hall–Kier alpha value is -2.49. The number of ether oxygens (including phenoxy) is 2. The maximum absolute atomic E-state index is 13.2. The molecule has 10 heteroatoms. The lowest BCUT2D eigenvalue weighted by Crippen LogP contribution is -2.47. The molecule has 34 heavy (non-hydrogen) atoms. The number of hydrogen-bond donors (Lipinski definition) is 3. The summed E-state index contributed by atoms with van der Waals surface area (Å²) in [5.74, 6) is -0.534. The van der Waals surface area contributed by atoms with Gasteiger partial charge in [-0.05, 0) is 62.9 Å². The van der Waals surface area contributed by atoms with Crippen LogP contribution in [0.3, 0.4) is 0 Å². The van der Waals surface area contributed by atoms with Crippen LogP contribution >= 0.6 is 11.6 Å². The lowest BCUT2D eigenvalue weighted by atomic mass is 9.92. The summed E-state index contributed by atoms with van der Waals surface area (Å²) in [4.78, 5) is 12.0. The topological polar surface area (TPSA) is 88.0 Å². The summed E-state index contributed by atoms with van der Waals surface area (Å²) in [6, 6.07) is 8.38. The van der Waals surface area contributed by atoms with Crippen molar-refractivity contribution in [2.24, 2.45) is 0 Å². The Morgan fingerprint density at radius 3 is 2.35 bits per heavy atom. The number of para-hydroxylation sites is 1. The fourth-order valence-corrected chi connectivity index (χ4v) is 3.62. The maximum Gasteiger partial charge on any atom is 0.419 e. The highest BCUT2D eigenvalue weighted by Gasteiger charge is 2.34. The number of hydrogen-bond acceptors (Lipinski definition) is 5. The first kappa shape index (κ1) is 27.8.